The summed E-state index contributed by atoms with van der Waals surface area (Å²) in [5, 5.41) is 2.90. The number of hydrogen-bond acceptors (Lipinski definition) is 4. The van der Waals surface area contributed by atoms with E-state index >= 15 is 0 Å². The second-order valence-electron chi connectivity index (χ2n) is 7.40. The fourth-order valence-corrected chi connectivity index (χ4v) is 2.53. The molecule has 0 aromatic rings. The zero-order valence-corrected chi connectivity index (χ0v) is 14.9. The van der Waals surface area contributed by atoms with Gasteiger partial charge in [-0.05, 0) is 31.8 Å². The van der Waals surface area contributed by atoms with Crippen molar-refractivity contribution in [1.82, 2.24) is 10.2 Å². The van der Waals surface area contributed by atoms with E-state index in [9.17, 15) is 9.59 Å². The number of nitrogens with one attached hydrogen (secondary N) is 1. The number of carbonyl (C=O) groups excluding carboxylic acids is 2. The topological polar surface area (TPSA) is 58.6 Å². The molecule has 0 aliphatic carbocycles. The minimum Gasteiger partial charge on any atom is -0.368 e. The van der Waals surface area contributed by atoms with Gasteiger partial charge < -0.3 is 15.0 Å². The predicted octanol–water partition coefficient (Wildman–Crippen LogP) is 1.85. The van der Waals surface area contributed by atoms with Crippen LogP contribution in [-0.2, 0) is 14.3 Å². The van der Waals surface area contributed by atoms with E-state index in [1.807, 2.05) is 14.1 Å². The van der Waals surface area contributed by atoms with Crippen molar-refractivity contribution in [2.45, 2.75) is 59.1 Å². The average molecular weight is 312 g/mol. The van der Waals surface area contributed by atoms with Crippen molar-refractivity contribution in [3.05, 3.63) is 0 Å². The van der Waals surface area contributed by atoms with Crippen LogP contribution in [-0.4, -0.2) is 56.0 Å². The second kappa shape index (κ2) is 8.06. The number of ketones is 1. The highest BCUT2D eigenvalue weighted by atomic mass is 16.5. The van der Waals surface area contributed by atoms with Gasteiger partial charge in [0.15, 0.2) is 5.78 Å². The maximum absolute atomic E-state index is 12.3. The SMILES string of the molecule is CCC(C)(C)C(C)CC(=O)NC1C(=O)COC1CCN(C)C. The third-order valence-electron chi connectivity index (χ3n) is 5.07. The summed E-state index contributed by atoms with van der Waals surface area (Å²) < 4.78 is 5.53. The first kappa shape index (κ1) is 19.1. The summed E-state index contributed by atoms with van der Waals surface area (Å²) in [6, 6.07) is -0.482. The number of ether oxygens (including phenoxy) is 1. The molecule has 128 valence electrons. The Morgan fingerprint density at radius 3 is 2.64 bits per heavy atom. The predicted molar refractivity (Wildman–Crippen MR) is 87.7 cm³/mol. The molecular formula is C17H32N2O3. The molecule has 1 fully saturated rings. The Morgan fingerprint density at radius 2 is 2.09 bits per heavy atom. The lowest BCUT2D eigenvalue weighted by atomic mass is 9.76. The van der Waals surface area contributed by atoms with Crippen molar-refractivity contribution >= 4 is 11.7 Å². The molecule has 1 aliphatic heterocycles. The van der Waals surface area contributed by atoms with Crippen LogP contribution >= 0.6 is 0 Å². The standard InChI is InChI=1S/C17H32N2O3/c1-7-17(3,4)12(2)10-15(21)18-16-13(20)11-22-14(16)8-9-19(5)6/h12,14,16H,7-11H2,1-6H3,(H,18,21). The largest absolute Gasteiger partial charge is 0.368 e. The fraction of sp³-hybridized carbons (Fsp3) is 0.882. The Hall–Kier alpha value is -0.940. The van der Waals surface area contributed by atoms with E-state index in [0.717, 1.165) is 19.4 Å². The maximum atomic E-state index is 12.3. The van der Waals surface area contributed by atoms with E-state index in [0.29, 0.717) is 6.42 Å². The summed E-state index contributed by atoms with van der Waals surface area (Å²) >= 11 is 0. The van der Waals surface area contributed by atoms with E-state index in [2.05, 4.69) is 37.9 Å². The molecule has 0 aromatic carbocycles. The zero-order chi connectivity index (χ0) is 16.9. The number of nitrogens with zero attached hydrogens (tertiary/aromatic N) is 1. The van der Waals surface area contributed by atoms with Gasteiger partial charge in [0.1, 0.15) is 12.6 Å². The summed E-state index contributed by atoms with van der Waals surface area (Å²) in [6.45, 7) is 9.53. The average Bonchev–Trinajstić information content (AvgIpc) is 2.77. The van der Waals surface area contributed by atoms with Gasteiger partial charge in [-0.2, -0.15) is 0 Å². The molecule has 1 aliphatic rings. The van der Waals surface area contributed by atoms with Gasteiger partial charge in [-0.15, -0.1) is 0 Å². The van der Waals surface area contributed by atoms with Gasteiger partial charge in [-0.1, -0.05) is 34.1 Å². The zero-order valence-electron chi connectivity index (χ0n) is 14.9. The van der Waals surface area contributed by atoms with Crippen LogP contribution in [0.4, 0.5) is 0 Å². The molecule has 1 amide bonds. The van der Waals surface area contributed by atoms with Crippen LogP contribution in [0.3, 0.4) is 0 Å². The van der Waals surface area contributed by atoms with Crippen molar-refractivity contribution in [2.75, 3.05) is 27.2 Å². The summed E-state index contributed by atoms with van der Waals surface area (Å²) in [6.07, 6.45) is 2.02. The lowest BCUT2D eigenvalue weighted by Crippen LogP contribution is -2.46. The highest BCUT2D eigenvalue weighted by molar-refractivity contribution is 5.91. The van der Waals surface area contributed by atoms with Crippen LogP contribution in [0.5, 0.6) is 0 Å². The summed E-state index contributed by atoms with van der Waals surface area (Å²) in [5.41, 5.74) is 0.123. The van der Waals surface area contributed by atoms with Crippen molar-refractivity contribution in [1.29, 1.82) is 0 Å². The van der Waals surface area contributed by atoms with Gasteiger partial charge in [-0.25, -0.2) is 0 Å². The van der Waals surface area contributed by atoms with Crippen LogP contribution in [0.25, 0.3) is 0 Å². The molecule has 3 atom stereocenters. The highest BCUT2D eigenvalue weighted by Crippen LogP contribution is 2.32. The van der Waals surface area contributed by atoms with Gasteiger partial charge in [-0.3, -0.25) is 9.59 Å². The molecule has 0 radical (unpaired) electrons. The van der Waals surface area contributed by atoms with Gasteiger partial charge in [0, 0.05) is 13.0 Å². The van der Waals surface area contributed by atoms with E-state index in [1.165, 1.54) is 0 Å². The monoisotopic (exact) mass is 312 g/mol. The van der Waals surface area contributed by atoms with E-state index in [-0.39, 0.29) is 35.7 Å². The molecule has 0 bridgehead atoms. The molecule has 0 saturated carbocycles. The summed E-state index contributed by atoms with van der Waals surface area (Å²) in [7, 11) is 3.97. The first-order chi connectivity index (χ1) is 10.2. The molecule has 0 aromatic heterocycles. The van der Waals surface area contributed by atoms with Gasteiger partial charge >= 0.3 is 0 Å². The Labute approximate surface area is 134 Å². The van der Waals surface area contributed by atoms with E-state index in [1.54, 1.807) is 0 Å². The number of carbonyl (C=O) groups is 2. The highest BCUT2D eigenvalue weighted by Gasteiger charge is 2.37. The molecule has 5 nitrogen and oxygen atoms in total. The molecule has 1 N–H and O–H groups in total. The van der Waals surface area contributed by atoms with Gasteiger partial charge in [0.2, 0.25) is 5.91 Å². The summed E-state index contributed by atoms with van der Waals surface area (Å²) in [5.74, 6) is 0.211. The van der Waals surface area contributed by atoms with Crippen molar-refractivity contribution in [3.8, 4) is 0 Å². The van der Waals surface area contributed by atoms with E-state index < -0.39 is 6.04 Å². The molecule has 1 rings (SSSR count). The Bertz CT molecular complexity index is 393. The first-order valence-corrected chi connectivity index (χ1v) is 8.25. The quantitative estimate of drug-likeness (QED) is 0.743. The number of hydrogen-bond donors (Lipinski definition) is 1. The minimum atomic E-state index is -0.482. The van der Waals surface area contributed by atoms with Crippen molar-refractivity contribution < 1.29 is 14.3 Å². The summed E-state index contributed by atoms with van der Waals surface area (Å²) in [4.78, 5) is 26.3. The molecular weight excluding hydrogens is 280 g/mol. The third kappa shape index (κ3) is 5.36. The van der Waals surface area contributed by atoms with Gasteiger partial charge in [0.25, 0.3) is 0 Å². The molecule has 0 spiro atoms. The number of rotatable bonds is 8. The van der Waals surface area contributed by atoms with Crippen LogP contribution in [0.15, 0.2) is 0 Å². The van der Waals surface area contributed by atoms with E-state index in [4.69, 9.17) is 4.74 Å². The van der Waals surface area contributed by atoms with Crippen molar-refractivity contribution in [3.63, 3.8) is 0 Å². The normalized spacial score (nSPS) is 23.9. The van der Waals surface area contributed by atoms with Crippen LogP contribution < -0.4 is 5.32 Å². The Balaban J connectivity index is 2.55. The Kier molecular flexibility index (Phi) is 7.00. The number of Topliss-reactive ketones (excluding diaryl/α,β-unsaturated/α-hetero) is 1. The third-order valence-corrected chi connectivity index (χ3v) is 5.07. The lowest BCUT2D eigenvalue weighted by molar-refractivity contribution is -0.127. The molecule has 1 saturated heterocycles. The van der Waals surface area contributed by atoms with Gasteiger partial charge in [0.05, 0.1) is 6.10 Å². The van der Waals surface area contributed by atoms with Crippen LogP contribution in [0, 0.1) is 11.3 Å². The second-order valence-corrected chi connectivity index (χ2v) is 7.40. The first-order valence-electron chi connectivity index (χ1n) is 8.25. The molecule has 22 heavy (non-hydrogen) atoms. The lowest BCUT2D eigenvalue weighted by Gasteiger charge is -2.30. The van der Waals surface area contributed by atoms with Crippen LogP contribution in [0.2, 0.25) is 0 Å². The fourth-order valence-electron chi connectivity index (χ4n) is 2.53. The maximum Gasteiger partial charge on any atom is 0.220 e. The smallest absolute Gasteiger partial charge is 0.220 e. The minimum absolute atomic E-state index is 0.0143. The molecule has 1 heterocycles. The van der Waals surface area contributed by atoms with Crippen LogP contribution in [0.1, 0.15) is 47.0 Å². The van der Waals surface area contributed by atoms with Crippen molar-refractivity contribution in [2.24, 2.45) is 11.3 Å². The molecule has 3 unspecified atom stereocenters. The number of amides is 1. The Morgan fingerprint density at radius 1 is 1.45 bits per heavy atom. The molecule has 5 heteroatoms.